The van der Waals surface area contributed by atoms with Crippen LogP contribution in [0.2, 0.25) is 10.0 Å². The fourth-order valence-electron chi connectivity index (χ4n) is 6.44. The first kappa shape index (κ1) is 27.6. The fraction of sp³-hybridized carbons (Fsp3) is 0.455. The maximum absolute atomic E-state index is 6.29. The van der Waals surface area contributed by atoms with Gasteiger partial charge in [-0.2, -0.15) is 0 Å². The van der Waals surface area contributed by atoms with E-state index in [4.69, 9.17) is 33.2 Å². The number of hydrogen-bond acceptors (Lipinski definition) is 5. The normalized spacial score (nSPS) is 14.9. The van der Waals surface area contributed by atoms with Crippen molar-refractivity contribution in [2.45, 2.75) is 64.2 Å². The second-order valence-electron chi connectivity index (χ2n) is 11.4. The third-order valence-corrected chi connectivity index (χ3v) is 8.96. The molecular formula is C33H39Cl2N5. The molecule has 40 heavy (non-hydrogen) atoms. The SMILES string of the molecule is CN(CCCNc1c2c(nc3cc(Cl)ccc13)CCCC2)CCCNc1c2c(nc3cc(Cl)ccc13)CCCC2. The van der Waals surface area contributed by atoms with Gasteiger partial charge in [-0.25, -0.2) is 0 Å². The Morgan fingerprint density at radius 1 is 0.675 bits per heavy atom. The number of nitrogens with one attached hydrogen (secondary N) is 2. The van der Waals surface area contributed by atoms with E-state index in [2.05, 4.69) is 34.7 Å². The topological polar surface area (TPSA) is 53.1 Å². The molecule has 2 heterocycles. The first-order chi connectivity index (χ1) is 19.6. The van der Waals surface area contributed by atoms with E-state index in [1.165, 1.54) is 70.3 Å². The zero-order valence-corrected chi connectivity index (χ0v) is 25.0. The van der Waals surface area contributed by atoms with Crippen molar-refractivity contribution in [1.82, 2.24) is 14.9 Å². The third-order valence-electron chi connectivity index (χ3n) is 8.49. The molecule has 2 N–H and O–H groups in total. The number of hydrogen-bond donors (Lipinski definition) is 2. The summed E-state index contributed by atoms with van der Waals surface area (Å²) in [4.78, 5) is 12.4. The molecule has 0 radical (unpaired) electrons. The van der Waals surface area contributed by atoms with Crippen LogP contribution in [0.5, 0.6) is 0 Å². The molecule has 0 amide bonds. The highest BCUT2D eigenvalue weighted by Crippen LogP contribution is 2.35. The number of benzene rings is 2. The van der Waals surface area contributed by atoms with E-state index < -0.39 is 0 Å². The molecule has 7 heteroatoms. The van der Waals surface area contributed by atoms with Crippen molar-refractivity contribution in [2.75, 3.05) is 43.9 Å². The number of aryl methyl sites for hydroxylation is 2. The quantitative estimate of drug-likeness (QED) is 0.187. The van der Waals surface area contributed by atoms with Gasteiger partial charge in [-0.1, -0.05) is 23.2 Å². The van der Waals surface area contributed by atoms with Crippen LogP contribution in [0, 0.1) is 0 Å². The Morgan fingerprint density at radius 3 is 1.60 bits per heavy atom. The molecule has 0 unspecified atom stereocenters. The summed E-state index contributed by atoms with van der Waals surface area (Å²) < 4.78 is 0. The number of nitrogens with zero attached hydrogens (tertiary/aromatic N) is 3. The van der Waals surface area contributed by atoms with Crippen LogP contribution >= 0.6 is 23.2 Å². The van der Waals surface area contributed by atoms with E-state index in [-0.39, 0.29) is 0 Å². The highest BCUT2D eigenvalue weighted by Gasteiger charge is 2.19. The predicted molar refractivity (Wildman–Crippen MR) is 171 cm³/mol. The van der Waals surface area contributed by atoms with Crippen LogP contribution in [-0.2, 0) is 25.7 Å². The summed E-state index contributed by atoms with van der Waals surface area (Å²) in [6.45, 7) is 4.04. The first-order valence-electron chi connectivity index (χ1n) is 14.9. The van der Waals surface area contributed by atoms with Crippen LogP contribution < -0.4 is 10.6 Å². The lowest BCUT2D eigenvalue weighted by Gasteiger charge is -2.23. The lowest BCUT2D eigenvalue weighted by molar-refractivity contribution is 0.331. The minimum Gasteiger partial charge on any atom is -0.384 e. The minimum atomic E-state index is 0.749. The maximum atomic E-state index is 6.29. The van der Waals surface area contributed by atoms with E-state index in [1.54, 1.807) is 0 Å². The van der Waals surface area contributed by atoms with Gasteiger partial charge in [0.05, 0.1) is 11.0 Å². The van der Waals surface area contributed by atoms with Crippen LogP contribution in [-0.4, -0.2) is 48.1 Å². The number of rotatable bonds is 10. The lowest BCUT2D eigenvalue weighted by Crippen LogP contribution is -2.24. The molecule has 5 nitrogen and oxygen atoms in total. The third kappa shape index (κ3) is 6.02. The van der Waals surface area contributed by atoms with Gasteiger partial charge in [0.1, 0.15) is 0 Å². The molecule has 0 saturated heterocycles. The molecule has 0 bridgehead atoms. The van der Waals surface area contributed by atoms with Gasteiger partial charge in [-0.3, -0.25) is 9.97 Å². The summed E-state index contributed by atoms with van der Waals surface area (Å²) in [5.74, 6) is 0. The molecule has 2 aromatic carbocycles. The first-order valence-corrected chi connectivity index (χ1v) is 15.7. The Hall–Kier alpha value is -2.60. The summed E-state index contributed by atoms with van der Waals surface area (Å²) in [5, 5.41) is 11.5. The molecule has 4 aromatic rings. The second kappa shape index (κ2) is 12.5. The van der Waals surface area contributed by atoms with Crippen molar-refractivity contribution in [3.8, 4) is 0 Å². The molecular weight excluding hydrogens is 537 g/mol. The molecule has 0 aliphatic heterocycles. The molecule has 0 atom stereocenters. The Kier molecular flexibility index (Phi) is 8.62. The van der Waals surface area contributed by atoms with Crippen LogP contribution in [0.4, 0.5) is 11.4 Å². The minimum absolute atomic E-state index is 0.749. The molecule has 2 aliphatic rings. The number of fused-ring (bicyclic) bond motifs is 4. The largest absolute Gasteiger partial charge is 0.384 e. The summed E-state index contributed by atoms with van der Waals surface area (Å²) in [7, 11) is 2.23. The van der Waals surface area contributed by atoms with Gasteiger partial charge < -0.3 is 15.5 Å². The molecule has 210 valence electrons. The highest BCUT2D eigenvalue weighted by molar-refractivity contribution is 6.31. The summed E-state index contributed by atoms with van der Waals surface area (Å²) in [6, 6.07) is 12.2. The number of halogens is 2. The number of pyridine rings is 2. The van der Waals surface area contributed by atoms with E-state index in [0.29, 0.717) is 0 Å². The molecule has 6 rings (SSSR count). The fourth-order valence-corrected chi connectivity index (χ4v) is 6.77. The molecule has 0 saturated carbocycles. The van der Waals surface area contributed by atoms with Gasteiger partial charge in [0.15, 0.2) is 0 Å². The molecule has 2 aliphatic carbocycles. The Balaban J connectivity index is 1.02. The molecule has 0 spiro atoms. The van der Waals surface area contributed by atoms with Crippen molar-refractivity contribution >= 4 is 56.4 Å². The lowest BCUT2D eigenvalue weighted by atomic mass is 9.92. The Labute approximate surface area is 247 Å². The standard InChI is InChI=1S/C33H39Cl2N5/c1-40(18-6-16-36-32-24-8-2-4-10-28(24)38-30-20-22(34)12-14-26(30)32)19-7-17-37-33-25-9-3-5-11-29(25)39-31-21-23(35)13-15-27(31)33/h12-15,20-21H,2-11,16-19H2,1H3,(H,36,38)(H,37,39). The average Bonchev–Trinajstić information content (AvgIpc) is 2.96. The summed E-state index contributed by atoms with van der Waals surface area (Å²) in [6.07, 6.45) is 11.5. The van der Waals surface area contributed by atoms with Crippen LogP contribution in [0.1, 0.15) is 61.0 Å². The summed E-state index contributed by atoms with van der Waals surface area (Å²) in [5.41, 5.74) is 9.88. The highest BCUT2D eigenvalue weighted by atomic mass is 35.5. The van der Waals surface area contributed by atoms with Crippen LogP contribution in [0.25, 0.3) is 21.8 Å². The van der Waals surface area contributed by atoms with E-state index in [1.807, 2.05) is 24.3 Å². The van der Waals surface area contributed by atoms with Gasteiger partial charge in [0.25, 0.3) is 0 Å². The van der Waals surface area contributed by atoms with Crippen LogP contribution in [0.3, 0.4) is 0 Å². The monoisotopic (exact) mass is 575 g/mol. The van der Waals surface area contributed by atoms with Gasteiger partial charge in [-0.15, -0.1) is 0 Å². The Bertz CT molecular complexity index is 1410. The van der Waals surface area contributed by atoms with Crippen molar-refractivity contribution in [1.29, 1.82) is 0 Å². The van der Waals surface area contributed by atoms with Crippen LogP contribution in [0.15, 0.2) is 36.4 Å². The number of aromatic nitrogens is 2. The van der Waals surface area contributed by atoms with Crippen molar-refractivity contribution in [3.05, 3.63) is 69.0 Å². The summed E-state index contributed by atoms with van der Waals surface area (Å²) >= 11 is 12.6. The smallest absolute Gasteiger partial charge is 0.0741 e. The van der Waals surface area contributed by atoms with E-state index >= 15 is 0 Å². The van der Waals surface area contributed by atoms with Gasteiger partial charge in [0.2, 0.25) is 0 Å². The Morgan fingerprint density at radius 2 is 1.12 bits per heavy atom. The van der Waals surface area contributed by atoms with E-state index in [9.17, 15) is 0 Å². The van der Waals surface area contributed by atoms with Crippen molar-refractivity contribution in [2.24, 2.45) is 0 Å². The van der Waals surface area contributed by atoms with Gasteiger partial charge >= 0.3 is 0 Å². The number of anilines is 2. The van der Waals surface area contributed by atoms with Crippen molar-refractivity contribution < 1.29 is 0 Å². The maximum Gasteiger partial charge on any atom is 0.0741 e. The second-order valence-corrected chi connectivity index (χ2v) is 12.3. The molecule has 0 fully saturated rings. The molecule has 2 aromatic heterocycles. The zero-order chi connectivity index (χ0) is 27.5. The van der Waals surface area contributed by atoms with E-state index in [0.717, 1.165) is 85.8 Å². The predicted octanol–water partition coefficient (Wildman–Crippen LogP) is 8.08. The van der Waals surface area contributed by atoms with Gasteiger partial charge in [0, 0.05) is 56.7 Å². The average molecular weight is 577 g/mol. The van der Waals surface area contributed by atoms with Gasteiger partial charge in [-0.05, 0) is 132 Å². The van der Waals surface area contributed by atoms with Crippen molar-refractivity contribution in [3.63, 3.8) is 0 Å². The zero-order valence-electron chi connectivity index (χ0n) is 23.5.